The quantitative estimate of drug-likeness (QED) is 0.521. The van der Waals surface area contributed by atoms with E-state index in [1.807, 2.05) is 54.0 Å². The Morgan fingerprint density at radius 2 is 2.00 bits per heavy atom. The standard InChI is InChI=1S/C21H15ClFN3O/c1-13-4-3-9-26-12-19(25-20(13)26)14-5-2-6-16(10-14)24-21(27)17-8-7-15(23)11-18(17)22/h2-12H,1H3,(H,24,27). The van der Waals surface area contributed by atoms with Crippen molar-refractivity contribution in [3.63, 3.8) is 0 Å². The van der Waals surface area contributed by atoms with E-state index in [0.29, 0.717) is 5.69 Å². The number of nitrogens with one attached hydrogen (secondary N) is 1. The molecule has 1 N–H and O–H groups in total. The second-order valence-electron chi connectivity index (χ2n) is 6.21. The smallest absolute Gasteiger partial charge is 0.257 e. The average molecular weight is 380 g/mol. The predicted molar refractivity (Wildman–Crippen MR) is 105 cm³/mol. The third kappa shape index (κ3) is 3.41. The van der Waals surface area contributed by atoms with Crippen molar-refractivity contribution < 1.29 is 9.18 Å². The summed E-state index contributed by atoms with van der Waals surface area (Å²) in [6.45, 7) is 2.01. The minimum absolute atomic E-state index is 0.0690. The molecule has 4 aromatic rings. The lowest BCUT2D eigenvalue weighted by Gasteiger charge is -2.08. The highest BCUT2D eigenvalue weighted by Crippen LogP contribution is 2.24. The molecule has 0 unspecified atom stereocenters. The first kappa shape index (κ1) is 17.2. The van der Waals surface area contributed by atoms with Gasteiger partial charge in [-0.2, -0.15) is 0 Å². The van der Waals surface area contributed by atoms with Gasteiger partial charge in [0, 0.05) is 23.6 Å². The summed E-state index contributed by atoms with van der Waals surface area (Å²) >= 11 is 5.96. The molecule has 0 bridgehead atoms. The Labute approximate surface area is 160 Å². The van der Waals surface area contributed by atoms with Crippen LogP contribution in [0.25, 0.3) is 16.9 Å². The van der Waals surface area contributed by atoms with Gasteiger partial charge in [0.25, 0.3) is 5.91 Å². The normalized spacial score (nSPS) is 10.9. The number of amides is 1. The molecule has 1 amide bonds. The van der Waals surface area contributed by atoms with Gasteiger partial charge in [0.2, 0.25) is 0 Å². The van der Waals surface area contributed by atoms with Crippen LogP contribution in [0.5, 0.6) is 0 Å². The van der Waals surface area contributed by atoms with Crippen molar-refractivity contribution >= 4 is 28.8 Å². The molecule has 0 spiro atoms. The minimum Gasteiger partial charge on any atom is -0.322 e. The third-order valence-electron chi connectivity index (χ3n) is 4.27. The van der Waals surface area contributed by atoms with Crippen LogP contribution in [0.4, 0.5) is 10.1 Å². The Balaban J connectivity index is 1.64. The summed E-state index contributed by atoms with van der Waals surface area (Å²) in [5.41, 5.74) is 4.47. The van der Waals surface area contributed by atoms with Gasteiger partial charge in [-0.05, 0) is 48.9 Å². The van der Waals surface area contributed by atoms with Gasteiger partial charge < -0.3 is 9.72 Å². The molecule has 134 valence electrons. The van der Waals surface area contributed by atoms with Gasteiger partial charge in [-0.1, -0.05) is 29.8 Å². The van der Waals surface area contributed by atoms with Crippen LogP contribution in [0.15, 0.2) is 67.0 Å². The maximum Gasteiger partial charge on any atom is 0.257 e. The van der Waals surface area contributed by atoms with Crippen molar-refractivity contribution in [3.05, 3.63) is 89.0 Å². The van der Waals surface area contributed by atoms with Crippen molar-refractivity contribution in [1.82, 2.24) is 9.38 Å². The number of pyridine rings is 1. The van der Waals surface area contributed by atoms with Crippen LogP contribution in [-0.4, -0.2) is 15.3 Å². The monoisotopic (exact) mass is 379 g/mol. The molecule has 2 heterocycles. The van der Waals surface area contributed by atoms with Crippen molar-refractivity contribution in [2.45, 2.75) is 6.92 Å². The molecule has 0 aliphatic rings. The number of rotatable bonds is 3. The summed E-state index contributed by atoms with van der Waals surface area (Å²) < 4.78 is 15.1. The van der Waals surface area contributed by atoms with E-state index < -0.39 is 11.7 Å². The largest absolute Gasteiger partial charge is 0.322 e. The number of aryl methyl sites for hydroxylation is 1. The van der Waals surface area contributed by atoms with E-state index in [0.717, 1.165) is 28.5 Å². The first-order valence-electron chi connectivity index (χ1n) is 8.32. The number of imidazole rings is 1. The van der Waals surface area contributed by atoms with Crippen molar-refractivity contribution in [3.8, 4) is 11.3 Å². The van der Waals surface area contributed by atoms with Gasteiger partial charge in [-0.3, -0.25) is 4.79 Å². The molecular weight excluding hydrogens is 365 g/mol. The zero-order valence-corrected chi connectivity index (χ0v) is 15.2. The van der Waals surface area contributed by atoms with E-state index in [1.54, 1.807) is 6.07 Å². The molecule has 2 aromatic carbocycles. The summed E-state index contributed by atoms with van der Waals surface area (Å²) in [6.07, 6.45) is 3.89. The Bertz CT molecular complexity index is 1170. The summed E-state index contributed by atoms with van der Waals surface area (Å²) in [6, 6.07) is 15.0. The van der Waals surface area contributed by atoms with Gasteiger partial charge in [-0.15, -0.1) is 0 Å². The van der Waals surface area contributed by atoms with E-state index in [4.69, 9.17) is 11.6 Å². The minimum atomic E-state index is -0.485. The number of carbonyl (C=O) groups excluding carboxylic acids is 1. The third-order valence-corrected chi connectivity index (χ3v) is 4.58. The van der Waals surface area contributed by atoms with Crippen LogP contribution in [-0.2, 0) is 0 Å². The van der Waals surface area contributed by atoms with Gasteiger partial charge in [0.15, 0.2) is 0 Å². The molecule has 0 aliphatic heterocycles. The first-order valence-corrected chi connectivity index (χ1v) is 8.70. The number of hydrogen-bond donors (Lipinski definition) is 1. The average Bonchev–Trinajstić information content (AvgIpc) is 3.07. The zero-order valence-electron chi connectivity index (χ0n) is 14.4. The van der Waals surface area contributed by atoms with Crippen LogP contribution in [0.1, 0.15) is 15.9 Å². The van der Waals surface area contributed by atoms with Crippen molar-refractivity contribution in [2.24, 2.45) is 0 Å². The predicted octanol–water partition coefficient (Wildman–Crippen LogP) is 5.35. The van der Waals surface area contributed by atoms with Crippen LogP contribution >= 0.6 is 11.6 Å². The fraction of sp³-hybridized carbons (Fsp3) is 0.0476. The van der Waals surface area contributed by atoms with Gasteiger partial charge in [0.05, 0.1) is 16.3 Å². The van der Waals surface area contributed by atoms with E-state index in [1.165, 1.54) is 12.1 Å². The van der Waals surface area contributed by atoms with E-state index in [2.05, 4.69) is 10.3 Å². The van der Waals surface area contributed by atoms with Crippen LogP contribution < -0.4 is 5.32 Å². The Morgan fingerprint density at radius 3 is 2.78 bits per heavy atom. The topological polar surface area (TPSA) is 46.4 Å². The van der Waals surface area contributed by atoms with Crippen molar-refractivity contribution in [1.29, 1.82) is 0 Å². The maximum atomic E-state index is 13.2. The lowest BCUT2D eigenvalue weighted by Crippen LogP contribution is -2.12. The summed E-state index contributed by atoms with van der Waals surface area (Å²) in [5, 5.41) is 2.86. The Hall–Kier alpha value is -3.18. The first-order chi connectivity index (χ1) is 13.0. The molecule has 27 heavy (non-hydrogen) atoms. The SMILES string of the molecule is Cc1cccn2cc(-c3cccc(NC(=O)c4ccc(F)cc4Cl)c3)nc12. The Kier molecular flexibility index (Phi) is 4.38. The number of halogens is 2. The molecule has 6 heteroatoms. The molecule has 2 aromatic heterocycles. The molecule has 0 saturated carbocycles. The number of carbonyl (C=O) groups is 1. The lowest BCUT2D eigenvalue weighted by atomic mass is 10.1. The van der Waals surface area contributed by atoms with E-state index in [9.17, 15) is 9.18 Å². The number of fused-ring (bicyclic) bond motifs is 1. The summed E-state index contributed by atoms with van der Waals surface area (Å²) in [7, 11) is 0. The molecule has 0 aliphatic carbocycles. The number of aromatic nitrogens is 2. The zero-order chi connectivity index (χ0) is 19.0. The Morgan fingerprint density at radius 1 is 1.15 bits per heavy atom. The lowest BCUT2D eigenvalue weighted by molar-refractivity contribution is 0.102. The molecular formula is C21H15ClFN3O. The maximum absolute atomic E-state index is 13.2. The fourth-order valence-corrected chi connectivity index (χ4v) is 3.17. The molecule has 0 atom stereocenters. The summed E-state index contributed by atoms with van der Waals surface area (Å²) in [5.74, 6) is -0.885. The molecule has 0 fully saturated rings. The highest BCUT2D eigenvalue weighted by molar-refractivity contribution is 6.34. The van der Waals surface area contributed by atoms with E-state index in [-0.39, 0.29) is 10.6 Å². The number of anilines is 1. The molecule has 0 saturated heterocycles. The van der Waals surface area contributed by atoms with Crippen LogP contribution in [0, 0.1) is 12.7 Å². The van der Waals surface area contributed by atoms with Gasteiger partial charge in [-0.25, -0.2) is 9.37 Å². The van der Waals surface area contributed by atoms with Gasteiger partial charge >= 0.3 is 0 Å². The van der Waals surface area contributed by atoms with Gasteiger partial charge in [0.1, 0.15) is 11.5 Å². The number of hydrogen-bond acceptors (Lipinski definition) is 2. The molecule has 4 rings (SSSR count). The van der Waals surface area contributed by atoms with E-state index >= 15 is 0 Å². The second kappa shape index (κ2) is 6.85. The summed E-state index contributed by atoms with van der Waals surface area (Å²) in [4.78, 5) is 17.1. The van der Waals surface area contributed by atoms with Crippen LogP contribution in [0.3, 0.4) is 0 Å². The highest BCUT2D eigenvalue weighted by atomic mass is 35.5. The number of benzene rings is 2. The molecule has 4 nitrogen and oxygen atoms in total. The van der Waals surface area contributed by atoms with Crippen molar-refractivity contribution in [2.75, 3.05) is 5.32 Å². The number of nitrogens with zero attached hydrogens (tertiary/aromatic N) is 2. The highest BCUT2D eigenvalue weighted by Gasteiger charge is 2.12. The molecule has 0 radical (unpaired) electrons. The second-order valence-corrected chi connectivity index (χ2v) is 6.61. The fourth-order valence-electron chi connectivity index (χ4n) is 2.92. The van der Waals surface area contributed by atoms with Crippen LogP contribution in [0.2, 0.25) is 5.02 Å².